The molecule has 0 aromatic heterocycles. The largest absolute Gasteiger partial charge is 0.384 e. The van der Waals surface area contributed by atoms with Gasteiger partial charge in [0.05, 0.1) is 13.2 Å². The van der Waals surface area contributed by atoms with Crippen molar-refractivity contribution in [2.45, 2.75) is 39.2 Å². The third-order valence-electron chi connectivity index (χ3n) is 4.71. The first-order valence-electron chi connectivity index (χ1n) is 8.66. The van der Waals surface area contributed by atoms with Crippen LogP contribution in [-0.4, -0.2) is 19.6 Å². The van der Waals surface area contributed by atoms with Crippen molar-refractivity contribution in [3.05, 3.63) is 64.7 Å². The van der Waals surface area contributed by atoms with E-state index in [9.17, 15) is 4.79 Å². The summed E-state index contributed by atoms with van der Waals surface area (Å²) < 4.78 is 5.21. The first kappa shape index (κ1) is 16.7. The highest BCUT2D eigenvalue weighted by Gasteiger charge is 2.28. The number of rotatable bonds is 6. The van der Waals surface area contributed by atoms with Crippen molar-refractivity contribution in [2.24, 2.45) is 0 Å². The van der Waals surface area contributed by atoms with Crippen LogP contribution in [0.1, 0.15) is 53.2 Å². The maximum absolute atomic E-state index is 12.8. The van der Waals surface area contributed by atoms with E-state index in [-0.39, 0.29) is 5.91 Å². The Bertz CT molecular complexity index is 721. The molecule has 0 saturated heterocycles. The normalized spacial score (nSPS) is 14.8. The van der Waals surface area contributed by atoms with Gasteiger partial charge in [0.15, 0.2) is 0 Å². The van der Waals surface area contributed by atoms with Gasteiger partial charge in [0.25, 0.3) is 5.91 Å². The summed E-state index contributed by atoms with van der Waals surface area (Å²) in [6, 6.07) is 14.6. The second-order valence-corrected chi connectivity index (χ2v) is 6.58. The van der Waals surface area contributed by atoms with Crippen molar-refractivity contribution in [3.63, 3.8) is 0 Å². The number of nitrogens with zero attached hydrogens (tertiary/aromatic N) is 1. The van der Waals surface area contributed by atoms with Gasteiger partial charge in [0.2, 0.25) is 0 Å². The van der Waals surface area contributed by atoms with Crippen molar-refractivity contribution >= 4 is 11.6 Å². The van der Waals surface area contributed by atoms with E-state index in [0.29, 0.717) is 19.1 Å². The third-order valence-corrected chi connectivity index (χ3v) is 4.71. The molecule has 0 N–H and O–H groups in total. The van der Waals surface area contributed by atoms with Gasteiger partial charge >= 0.3 is 0 Å². The van der Waals surface area contributed by atoms with Crippen LogP contribution in [-0.2, 0) is 17.7 Å². The van der Waals surface area contributed by atoms with E-state index in [1.165, 1.54) is 11.1 Å². The zero-order chi connectivity index (χ0) is 17.1. The van der Waals surface area contributed by atoms with E-state index >= 15 is 0 Å². The molecule has 0 bridgehead atoms. The molecule has 24 heavy (non-hydrogen) atoms. The second kappa shape index (κ2) is 7.18. The molecule has 0 aliphatic carbocycles. The van der Waals surface area contributed by atoms with E-state index in [4.69, 9.17) is 4.74 Å². The smallest absolute Gasteiger partial charge is 0.258 e. The summed E-state index contributed by atoms with van der Waals surface area (Å²) in [7, 11) is 1.72. The molecule has 0 saturated carbocycles. The molecular formula is C21H25NO2. The minimum absolute atomic E-state index is 0.112. The average molecular weight is 323 g/mol. The summed E-state index contributed by atoms with van der Waals surface area (Å²) in [5.41, 5.74) is 5.42. The number of hydrogen-bond donors (Lipinski definition) is 0. The van der Waals surface area contributed by atoms with E-state index < -0.39 is 0 Å². The molecule has 0 spiro atoms. The molecule has 0 fully saturated rings. The molecule has 2 aromatic rings. The first-order valence-corrected chi connectivity index (χ1v) is 8.66. The Morgan fingerprint density at radius 2 is 1.92 bits per heavy atom. The molecule has 1 heterocycles. The maximum atomic E-state index is 12.8. The highest BCUT2D eigenvalue weighted by atomic mass is 16.5. The van der Waals surface area contributed by atoms with Crippen LogP contribution in [0.5, 0.6) is 0 Å². The topological polar surface area (TPSA) is 29.5 Å². The molecular weight excluding hydrogens is 298 g/mol. The number of fused-ring (bicyclic) bond motifs is 1. The van der Waals surface area contributed by atoms with E-state index in [1.807, 2.05) is 17.0 Å². The highest BCUT2D eigenvalue weighted by Crippen LogP contribution is 2.30. The Balaban J connectivity index is 1.80. The lowest BCUT2D eigenvalue weighted by Crippen LogP contribution is -2.23. The van der Waals surface area contributed by atoms with Crippen LogP contribution >= 0.6 is 0 Å². The maximum Gasteiger partial charge on any atom is 0.258 e. The fraction of sp³-hybridized carbons (Fsp3) is 0.381. The zero-order valence-electron chi connectivity index (χ0n) is 14.7. The summed E-state index contributed by atoms with van der Waals surface area (Å²) >= 11 is 0. The van der Waals surface area contributed by atoms with Crippen molar-refractivity contribution in [3.8, 4) is 0 Å². The lowest BCUT2D eigenvalue weighted by molar-refractivity contribution is 0.0996. The number of ether oxygens (including phenoxy) is 1. The fourth-order valence-corrected chi connectivity index (χ4v) is 3.33. The minimum Gasteiger partial charge on any atom is -0.384 e. The Kier molecular flexibility index (Phi) is 5.00. The number of anilines is 1. The summed E-state index contributed by atoms with van der Waals surface area (Å²) in [5.74, 6) is 0.466. The molecule has 126 valence electrons. The summed E-state index contributed by atoms with van der Waals surface area (Å²) in [4.78, 5) is 14.6. The quantitative estimate of drug-likeness (QED) is 0.780. The van der Waals surface area contributed by atoms with Gasteiger partial charge in [-0.2, -0.15) is 0 Å². The summed E-state index contributed by atoms with van der Waals surface area (Å²) in [5, 5.41) is 0. The zero-order valence-corrected chi connectivity index (χ0v) is 14.7. The van der Waals surface area contributed by atoms with Gasteiger partial charge in [-0.25, -0.2) is 0 Å². The highest BCUT2D eigenvalue weighted by molar-refractivity contribution is 6.10. The number of aryl methyl sites for hydroxylation is 1. The number of benzene rings is 2. The van der Waals surface area contributed by atoms with Gasteiger partial charge in [0, 0.05) is 24.3 Å². The van der Waals surface area contributed by atoms with E-state index in [2.05, 4.69) is 44.2 Å². The summed E-state index contributed by atoms with van der Waals surface area (Å²) in [6.45, 7) is 5.67. The number of carbonyl (C=O) groups is 1. The SMILES string of the molecule is CCCc1ccc2c(c1)C(=O)N(c1ccc(C(C)COC)cc1)C2. The van der Waals surface area contributed by atoms with Crippen LogP contribution in [0.3, 0.4) is 0 Å². The molecule has 1 aliphatic rings. The molecule has 3 heteroatoms. The molecule has 1 unspecified atom stereocenters. The molecule has 1 atom stereocenters. The number of amides is 1. The van der Waals surface area contributed by atoms with Crippen molar-refractivity contribution < 1.29 is 9.53 Å². The third kappa shape index (κ3) is 3.22. The van der Waals surface area contributed by atoms with Crippen LogP contribution in [0.4, 0.5) is 5.69 Å². The molecule has 1 aliphatic heterocycles. The number of carbonyl (C=O) groups excluding carboxylic acids is 1. The number of hydrogen-bond acceptors (Lipinski definition) is 2. The van der Waals surface area contributed by atoms with Crippen molar-refractivity contribution in [1.82, 2.24) is 0 Å². The van der Waals surface area contributed by atoms with E-state index in [0.717, 1.165) is 29.7 Å². The van der Waals surface area contributed by atoms with E-state index in [1.54, 1.807) is 7.11 Å². The standard InChI is InChI=1S/C21H25NO2/c1-4-5-16-6-7-18-13-22(21(23)20(18)12-16)19-10-8-17(9-11-19)15(2)14-24-3/h6-12,15H,4-5,13-14H2,1-3H3. The lowest BCUT2D eigenvalue weighted by atomic mass is 10.0. The molecule has 2 aromatic carbocycles. The van der Waals surface area contributed by atoms with Crippen molar-refractivity contribution in [2.75, 3.05) is 18.6 Å². The second-order valence-electron chi connectivity index (χ2n) is 6.58. The van der Waals surface area contributed by atoms with Gasteiger partial charge < -0.3 is 9.64 Å². The first-order chi connectivity index (χ1) is 11.6. The monoisotopic (exact) mass is 323 g/mol. The van der Waals surface area contributed by atoms with Gasteiger partial charge in [-0.05, 0) is 41.3 Å². The molecule has 1 amide bonds. The predicted molar refractivity (Wildman–Crippen MR) is 97.7 cm³/mol. The Hall–Kier alpha value is -2.13. The van der Waals surface area contributed by atoms with Gasteiger partial charge in [-0.15, -0.1) is 0 Å². The minimum atomic E-state index is 0.112. The van der Waals surface area contributed by atoms with Crippen LogP contribution < -0.4 is 4.90 Å². The van der Waals surface area contributed by atoms with Crippen molar-refractivity contribution in [1.29, 1.82) is 0 Å². The Morgan fingerprint density at radius 3 is 2.58 bits per heavy atom. The number of methoxy groups -OCH3 is 1. The van der Waals surface area contributed by atoms with Crippen LogP contribution in [0.25, 0.3) is 0 Å². The predicted octanol–water partition coefficient (Wildman–Crippen LogP) is 4.55. The Labute approximate surface area is 144 Å². The van der Waals surface area contributed by atoms with Crippen LogP contribution in [0.2, 0.25) is 0 Å². The molecule has 3 rings (SSSR count). The van der Waals surface area contributed by atoms with Crippen LogP contribution in [0.15, 0.2) is 42.5 Å². The average Bonchev–Trinajstić information content (AvgIpc) is 2.92. The summed E-state index contributed by atoms with van der Waals surface area (Å²) in [6.07, 6.45) is 2.12. The van der Waals surface area contributed by atoms with Gasteiger partial charge in [0.1, 0.15) is 0 Å². The Morgan fingerprint density at radius 1 is 1.17 bits per heavy atom. The fourth-order valence-electron chi connectivity index (χ4n) is 3.33. The lowest BCUT2D eigenvalue weighted by Gasteiger charge is -2.17. The van der Waals surface area contributed by atoms with Crippen LogP contribution in [0, 0.1) is 0 Å². The molecule has 0 radical (unpaired) electrons. The van der Waals surface area contributed by atoms with Gasteiger partial charge in [-0.3, -0.25) is 4.79 Å². The molecule has 3 nitrogen and oxygen atoms in total. The van der Waals surface area contributed by atoms with Gasteiger partial charge in [-0.1, -0.05) is 44.5 Å².